The molecule has 0 amide bonds. The maximum absolute atomic E-state index is 14.9. The molecule has 4 rings (SSSR count). The van der Waals surface area contributed by atoms with Crippen molar-refractivity contribution < 1.29 is 26.8 Å². The molecule has 2 atom stereocenters. The van der Waals surface area contributed by atoms with Crippen LogP contribution in [0.25, 0.3) is 0 Å². The zero-order valence-corrected chi connectivity index (χ0v) is 16.4. The van der Waals surface area contributed by atoms with Crippen molar-refractivity contribution in [3.05, 3.63) is 33.7 Å². The van der Waals surface area contributed by atoms with Crippen molar-refractivity contribution in [1.82, 2.24) is 14.7 Å². The number of fused-ring (bicyclic) bond motifs is 1. The fourth-order valence-electron chi connectivity index (χ4n) is 3.89. The maximum atomic E-state index is 14.9. The summed E-state index contributed by atoms with van der Waals surface area (Å²) in [6.07, 6.45) is -4.98. The molecule has 0 N–H and O–H groups in total. The number of rotatable bonds is 3. The molecule has 1 saturated heterocycles. The van der Waals surface area contributed by atoms with Crippen molar-refractivity contribution in [1.29, 1.82) is 0 Å². The van der Waals surface area contributed by atoms with Gasteiger partial charge in [-0.05, 0) is 20.3 Å². The van der Waals surface area contributed by atoms with E-state index in [1.807, 2.05) is 0 Å². The van der Waals surface area contributed by atoms with Crippen LogP contribution in [0.3, 0.4) is 0 Å². The summed E-state index contributed by atoms with van der Waals surface area (Å²) < 4.78 is 67.6. The Morgan fingerprint density at radius 1 is 1.30 bits per heavy atom. The number of alkyl halides is 3. The molecule has 0 saturated carbocycles. The first-order valence-electron chi connectivity index (χ1n) is 9.57. The van der Waals surface area contributed by atoms with Crippen LogP contribution in [0.2, 0.25) is 0 Å². The number of hydrogen-bond acceptors (Lipinski definition) is 7. The zero-order valence-electron chi connectivity index (χ0n) is 16.4. The molecule has 2 unspecified atom stereocenters. The number of anilines is 2. The summed E-state index contributed by atoms with van der Waals surface area (Å²) >= 11 is 0. The van der Waals surface area contributed by atoms with Crippen LogP contribution in [0.15, 0.2) is 15.4 Å². The van der Waals surface area contributed by atoms with Crippen LogP contribution in [0.4, 0.5) is 29.3 Å². The molecule has 12 heteroatoms. The standard InChI is InChI=1S/C18H21F4N5O3/c1-10-7-12(30-24-10)8-27-13(18(20,21)22)3-4-26-16(28)14(19)15(23-17(26)27)25-5-6-29-9-11(25)2/h7,11,13H,3-6,8-9H2,1-2H3. The van der Waals surface area contributed by atoms with Crippen molar-refractivity contribution in [2.24, 2.45) is 0 Å². The Bertz CT molecular complexity index is 989. The predicted octanol–water partition coefficient (Wildman–Crippen LogP) is 2.25. The van der Waals surface area contributed by atoms with Gasteiger partial charge in [0.15, 0.2) is 11.6 Å². The average molecular weight is 431 g/mol. The summed E-state index contributed by atoms with van der Waals surface area (Å²) in [5.74, 6) is -1.38. The van der Waals surface area contributed by atoms with E-state index in [0.717, 1.165) is 9.47 Å². The molecule has 0 spiro atoms. The number of nitrogens with zero attached hydrogens (tertiary/aromatic N) is 5. The lowest BCUT2D eigenvalue weighted by Gasteiger charge is -2.40. The van der Waals surface area contributed by atoms with E-state index in [-0.39, 0.29) is 43.2 Å². The minimum atomic E-state index is -4.57. The summed E-state index contributed by atoms with van der Waals surface area (Å²) in [4.78, 5) is 19.4. The van der Waals surface area contributed by atoms with Crippen molar-refractivity contribution in [2.75, 3.05) is 29.6 Å². The molecule has 2 aromatic heterocycles. The second-order valence-electron chi connectivity index (χ2n) is 7.53. The lowest BCUT2D eigenvalue weighted by Crippen LogP contribution is -2.53. The molecular weight excluding hydrogens is 410 g/mol. The van der Waals surface area contributed by atoms with Crippen LogP contribution < -0.4 is 15.4 Å². The Balaban J connectivity index is 1.83. The quantitative estimate of drug-likeness (QED) is 0.690. The molecule has 30 heavy (non-hydrogen) atoms. The Kier molecular flexibility index (Phi) is 5.20. The Morgan fingerprint density at radius 2 is 2.07 bits per heavy atom. The topological polar surface area (TPSA) is 76.6 Å². The van der Waals surface area contributed by atoms with E-state index in [9.17, 15) is 22.4 Å². The zero-order chi connectivity index (χ0) is 21.6. The van der Waals surface area contributed by atoms with Gasteiger partial charge in [-0.15, -0.1) is 0 Å². The monoisotopic (exact) mass is 431 g/mol. The third-order valence-electron chi connectivity index (χ3n) is 5.36. The number of hydrogen-bond donors (Lipinski definition) is 0. The molecule has 2 aliphatic rings. The van der Waals surface area contributed by atoms with Crippen LogP contribution in [0, 0.1) is 12.7 Å². The summed E-state index contributed by atoms with van der Waals surface area (Å²) in [5.41, 5.74) is -0.481. The maximum Gasteiger partial charge on any atom is 0.408 e. The van der Waals surface area contributed by atoms with Gasteiger partial charge in [-0.25, -0.2) is 0 Å². The Morgan fingerprint density at radius 3 is 2.70 bits per heavy atom. The number of morpholine rings is 1. The van der Waals surface area contributed by atoms with Crippen molar-refractivity contribution >= 4 is 11.8 Å². The molecule has 0 aromatic carbocycles. The summed E-state index contributed by atoms with van der Waals surface area (Å²) in [6, 6.07) is -0.662. The van der Waals surface area contributed by atoms with Crippen LogP contribution >= 0.6 is 0 Å². The summed E-state index contributed by atoms with van der Waals surface area (Å²) in [7, 11) is 0. The molecular formula is C18H21F4N5O3. The third kappa shape index (κ3) is 3.64. The van der Waals surface area contributed by atoms with Gasteiger partial charge in [0.1, 0.15) is 6.04 Å². The molecule has 2 aliphatic heterocycles. The second-order valence-corrected chi connectivity index (χ2v) is 7.53. The highest BCUT2D eigenvalue weighted by Crippen LogP contribution is 2.36. The van der Waals surface area contributed by atoms with Gasteiger partial charge >= 0.3 is 6.18 Å². The summed E-state index contributed by atoms with van der Waals surface area (Å²) in [6.45, 7) is 3.70. The van der Waals surface area contributed by atoms with Gasteiger partial charge in [0, 0.05) is 19.2 Å². The van der Waals surface area contributed by atoms with E-state index >= 15 is 0 Å². The molecule has 164 valence electrons. The number of aromatic nitrogens is 3. The fourth-order valence-corrected chi connectivity index (χ4v) is 3.89. The Labute approximate surface area is 169 Å². The van der Waals surface area contributed by atoms with E-state index < -0.39 is 30.0 Å². The van der Waals surface area contributed by atoms with Crippen molar-refractivity contribution in [2.45, 2.75) is 51.6 Å². The van der Waals surface area contributed by atoms with Gasteiger partial charge in [-0.1, -0.05) is 5.16 Å². The Hall–Kier alpha value is -2.63. The highest BCUT2D eigenvalue weighted by molar-refractivity contribution is 5.49. The van der Waals surface area contributed by atoms with Crippen LogP contribution in [-0.4, -0.2) is 52.7 Å². The normalized spacial score (nSPS) is 22.3. The highest BCUT2D eigenvalue weighted by Gasteiger charge is 2.47. The molecule has 1 fully saturated rings. The molecule has 0 radical (unpaired) electrons. The largest absolute Gasteiger partial charge is 0.408 e. The van der Waals surface area contributed by atoms with E-state index in [1.165, 1.54) is 6.07 Å². The van der Waals surface area contributed by atoms with Crippen molar-refractivity contribution in [3.8, 4) is 0 Å². The van der Waals surface area contributed by atoms with E-state index in [0.29, 0.717) is 18.9 Å². The third-order valence-corrected chi connectivity index (χ3v) is 5.36. The second kappa shape index (κ2) is 7.56. The number of halogens is 4. The first-order chi connectivity index (χ1) is 14.2. The SMILES string of the molecule is Cc1cc(CN2c3nc(N4CCOCC4C)c(F)c(=O)n3CCC2C(F)(F)F)on1. The van der Waals surface area contributed by atoms with Gasteiger partial charge in [-0.2, -0.15) is 22.5 Å². The fraction of sp³-hybridized carbons (Fsp3) is 0.611. The van der Waals surface area contributed by atoms with Gasteiger partial charge in [-0.3, -0.25) is 9.36 Å². The summed E-state index contributed by atoms with van der Waals surface area (Å²) in [5, 5.41) is 3.70. The highest BCUT2D eigenvalue weighted by atomic mass is 19.4. The van der Waals surface area contributed by atoms with Crippen LogP contribution in [0.5, 0.6) is 0 Å². The molecule has 2 aromatic rings. The first-order valence-corrected chi connectivity index (χ1v) is 9.57. The van der Waals surface area contributed by atoms with Gasteiger partial charge in [0.25, 0.3) is 5.56 Å². The molecule has 4 heterocycles. The van der Waals surface area contributed by atoms with Crippen molar-refractivity contribution in [3.63, 3.8) is 0 Å². The first kappa shape index (κ1) is 20.6. The average Bonchev–Trinajstić information content (AvgIpc) is 3.09. The van der Waals surface area contributed by atoms with Crippen LogP contribution in [0.1, 0.15) is 24.8 Å². The predicted molar refractivity (Wildman–Crippen MR) is 98.0 cm³/mol. The molecule has 0 aliphatic carbocycles. The number of aryl methyl sites for hydroxylation is 1. The smallest absolute Gasteiger partial charge is 0.377 e. The van der Waals surface area contributed by atoms with E-state index in [4.69, 9.17) is 9.26 Å². The molecule has 8 nitrogen and oxygen atoms in total. The number of ether oxygens (including phenoxy) is 1. The molecule has 0 bridgehead atoms. The van der Waals surface area contributed by atoms with E-state index in [1.54, 1.807) is 18.7 Å². The lowest BCUT2D eigenvalue weighted by molar-refractivity contribution is -0.153. The minimum Gasteiger partial charge on any atom is -0.377 e. The van der Waals surface area contributed by atoms with Gasteiger partial charge in [0.05, 0.1) is 31.5 Å². The van der Waals surface area contributed by atoms with Crippen LogP contribution in [-0.2, 0) is 17.8 Å². The van der Waals surface area contributed by atoms with Gasteiger partial charge in [0.2, 0.25) is 11.8 Å². The lowest BCUT2D eigenvalue weighted by atomic mass is 10.1. The minimum absolute atomic E-state index is 0.190. The van der Waals surface area contributed by atoms with Gasteiger partial charge < -0.3 is 19.1 Å². The van der Waals surface area contributed by atoms with E-state index in [2.05, 4.69) is 10.1 Å².